The van der Waals surface area contributed by atoms with Crippen LogP contribution in [0, 0.1) is 5.92 Å². The molecule has 0 amide bonds. The Labute approximate surface area is 132 Å². The third-order valence-corrected chi connectivity index (χ3v) is 11.0. The van der Waals surface area contributed by atoms with Crippen LogP contribution in [0.5, 0.6) is 0 Å². The number of Topliss-reactive ketones (excluding diaryl/α,β-unsaturated/α-hetero) is 1. The van der Waals surface area contributed by atoms with Gasteiger partial charge in [0.2, 0.25) is 0 Å². The highest BCUT2D eigenvalue weighted by Gasteiger charge is 2.47. The van der Waals surface area contributed by atoms with E-state index < -0.39 is 8.32 Å². The van der Waals surface area contributed by atoms with Crippen molar-refractivity contribution in [3.63, 3.8) is 0 Å². The van der Waals surface area contributed by atoms with Crippen molar-refractivity contribution in [3.05, 3.63) is 11.8 Å². The molecule has 1 unspecified atom stereocenters. The van der Waals surface area contributed by atoms with Crippen molar-refractivity contribution in [1.82, 2.24) is 0 Å². The first-order valence-corrected chi connectivity index (χ1v) is 10.7. The molecular weight excluding hydrogens is 276 g/mol. The minimum Gasteiger partial charge on any atom is -0.546 e. The predicted molar refractivity (Wildman–Crippen MR) is 92.9 cm³/mol. The van der Waals surface area contributed by atoms with Gasteiger partial charge in [0.1, 0.15) is 5.78 Å². The van der Waals surface area contributed by atoms with Gasteiger partial charge in [0.15, 0.2) is 0 Å². The molecule has 0 fully saturated rings. The number of rotatable bonds is 7. The Morgan fingerprint density at radius 1 is 1.19 bits per heavy atom. The van der Waals surface area contributed by atoms with E-state index in [-0.39, 0.29) is 5.78 Å². The van der Waals surface area contributed by atoms with E-state index in [4.69, 9.17) is 4.43 Å². The van der Waals surface area contributed by atoms with Crippen LogP contribution in [-0.4, -0.2) is 14.1 Å². The fourth-order valence-electron chi connectivity index (χ4n) is 4.16. The van der Waals surface area contributed by atoms with Gasteiger partial charge in [0.05, 0.1) is 5.76 Å². The lowest BCUT2D eigenvalue weighted by molar-refractivity contribution is -0.117. The maximum absolute atomic E-state index is 11.4. The second-order valence-corrected chi connectivity index (χ2v) is 13.0. The van der Waals surface area contributed by atoms with E-state index in [0.717, 1.165) is 19.3 Å². The first kappa shape index (κ1) is 18.5. The third kappa shape index (κ3) is 4.45. The molecular formula is C18H34O2Si. The van der Waals surface area contributed by atoms with E-state index in [1.54, 1.807) is 6.92 Å². The van der Waals surface area contributed by atoms with Crippen molar-refractivity contribution in [2.24, 2.45) is 5.92 Å². The highest BCUT2D eigenvalue weighted by molar-refractivity contribution is 6.77. The molecule has 0 heterocycles. The third-order valence-electron chi connectivity index (χ3n) is 4.98. The number of allylic oxidation sites excluding steroid dienone is 2. The van der Waals surface area contributed by atoms with Gasteiger partial charge < -0.3 is 9.22 Å². The van der Waals surface area contributed by atoms with Crippen LogP contribution in [0.4, 0.5) is 0 Å². The van der Waals surface area contributed by atoms with Crippen molar-refractivity contribution < 1.29 is 9.22 Å². The van der Waals surface area contributed by atoms with Gasteiger partial charge in [0, 0.05) is 12.8 Å². The Hall–Kier alpha value is -0.573. The summed E-state index contributed by atoms with van der Waals surface area (Å²) in [4.78, 5) is 11.4. The molecule has 2 nitrogen and oxygen atoms in total. The largest absolute Gasteiger partial charge is 0.546 e. The van der Waals surface area contributed by atoms with E-state index in [1.807, 2.05) is 0 Å². The van der Waals surface area contributed by atoms with Crippen LogP contribution in [0.1, 0.15) is 74.1 Å². The number of carbonyl (C=O) groups excluding carboxylic acids is 1. The van der Waals surface area contributed by atoms with Crippen LogP contribution in [-0.2, 0) is 9.22 Å². The number of carbonyl (C=O) groups is 1. The highest BCUT2D eigenvalue weighted by atomic mass is 28.4. The van der Waals surface area contributed by atoms with Crippen LogP contribution in [0.3, 0.4) is 0 Å². The summed E-state index contributed by atoms with van der Waals surface area (Å²) >= 11 is 0. The van der Waals surface area contributed by atoms with Crippen molar-refractivity contribution in [3.8, 4) is 0 Å². The second-order valence-electron chi connectivity index (χ2n) is 7.61. The van der Waals surface area contributed by atoms with Crippen molar-refractivity contribution >= 4 is 14.1 Å². The van der Waals surface area contributed by atoms with Crippen molar-refractivity contribution in [2.75, 3.05) is 0 Å². The van der Waals surface area contributed by atoms with Crippen LogP contribution in [0.15, 0.2) is 11.8 Å². The Morgan fingerprint density at radius 3 is 2.14 bits per heavy atom. The lowest BCUT2D eigenvalue weighted by Gasteiger charge is -2.43. The molecule has 0 bridgehead atoms. The first-order chi connectivity index (χ1) is 9.70. The van der Waals surface area contributed by atoms with Crippen LogP contribution in [0.25, 0.3) is 0 Å². The fourth-order valence-corrected chi connectivity index (χ4v) is 9.50. The second kappa shape index (κ2) is 7.62. The van der Waals surface area contributed by atoms with E-state index in [2.05, 4.69) is 47.6 Å². The molecule has 21 heavy (non-hydrogen) atoms. The summed E-state index contributed by atoms with van der Waals surface area (Å²) in [5, 5.41) is 0. The fraction of sp³-hybridized carbons (Fsp3) is 0.833. The Morgan fingerprint density at radius 2 is 1.71 bits per heavy atom. The molecule has 0 aromatic carbocycles. The van der Waals surface area contributed by atoms with Crippen LogP contribution < -0.4 is 0 Å². The zero-order chi connectivity index (χ0) is 16.2. The normalized spacial score (nSPS) is 20.1. The monoisotopic (exact) mass is 310 g/mol. The summed E-state index contributed by atoms with van der Waals surface area (Å²) < 4.78 is 6.76. The topological polar surface area (TPSA) is 26.3 Å². The van der Waals surface area contributed by atoms with Gasteiger partial charge in [-0.05, 0) is 48.4 Å². The van der Waals surface area contributed by atoms with E-state index in [1.165, 1.54) is 5.76 Å². The molecule has 0 saturated carbocycles. The molecule has 1 aliphatic rings. The molecule has 0 spiro atoms. The minimum atomic E-state index is -1.84. The maximum atomic E-state index is 11.4. The summed E-state index contributed by atoms with van der Waals surface area (Å²) in [5.74, 6) is 1.86. The van der Waals surface area contributed by atoms with Gasteiger partial charge in [-0.15, -0.1) is 0 Å². The lowest BCUT2D eigenvalue weighted by atomic mass is 9.91. The van der Waals surface area contributed by atoms with Gasteiger partial charge in [-0.3, -0.25) is 0 Å². The molecule has 0 aromatic heterocycles. The number of ketones is 1. The molecule has 0 aromatic rings. The average molecular weight is 311 g/mol. The Kier molecular flexibility index (Phi) is 6.70. The Balaban J connectivity index is 2.97. The van der Waals surface area contributed by atoms with Crippen molar-refractivity contribution in [1.29, 1.82) is 0 Å². The number of hydrogen-bond donors (Lipinski definition) is 0. The lowest BCUT2D eigenvalue weighted by Crippen LogP contribution is -2.47. The van der Waals surface area contributed by atoms with Gasteiger partial charge >= 0.3 is 0 Å². The molecule has 0 radical (unpaired) electrons. The molecule has 1 aliphatic carbocycles. The van der Waals surface area contributed by atoms with Crippen LogP contribution >= 0.6 is 0 Å². The predicted octanol–water partition coefficient (Wildman–Crippen LogP) is 5.84. The van der Waals surface area contributed by atoms with Gasteiger partial charge in [-0.1, -0.05) is 41.5 Å². The molecule has 0 aliphatic heterocycles. The quantitative estimate of drug-likeness (QED) is 0.552. The highest BCUT2D eigenvalue weighted by Crippen LogP contribution is 2.44. The summed E-state index contributed by atoms with van der Waals surface area (Å²) in [6, 6.07) is 0. The SMILES string of the molecule is CC(=O)CC1C=C(O[Si](C(C)C)(C(C)C)C(C)C)CCC1. The smallest absolute Gasteiger partial charge is 0.258 e. The van der Waals surface area contributed by atoms with Gasteiger partial charge in [-0.2, -0.15) is 0 Å². The summed E-state index contributed by atoms with van der Waals surface area (Å²) in [6.45, 7) is 15.6. The van der Waals surface area contributed by atoms with E-state index in [0.29, 0.717) is 29.0 Å². The summed E-state index contributed by atoms with van der Waals surface area (Å²) in [7, 11) is -1.84. The zero-order valence-corrected chi connectivity index (χ0v) is 16.0. The molecule has 0 N–H and O–H groups in total. The van der Waals surface area contributed by atoms with E-state index >= 15 is 0 Å². The Bertz CT molecular complexity index is 361. The summed E-state index contributed by atoms with van der Waals surface area (Å²) in [6.07, 6.45) is 6.27. The molecule has 1 rings (SSSR count). The van der Waals surface area contributed by atoms with Gasteiger partial charge in [-0.25, -0.2) is 0 Å². The molecule has 1 atom stereocenters. The standard InChI is InChI=1S/C18H34O2Si/c1-13(2)21(14(3)4,15(5)6)20-18-10-8-9-17(12-18)11-16(7)19/h12-15,17H,8-11H2,1-7H3. The maximum Gasteiger partial charge on any atom is 0.258 e. The minimum absolute atomic E-state index is 0.289. The van der Waals surface area contributed by atoms with E-state index in [9.17, 15) is 4.79 Å². The summed E-state index contributed by atoms with van der Waals surface area (Å²) in [5.41, 5.74) is 1.81. The average Bonchev–Trinajstić information content (AvgIpc) is 2.34. The first-order valence-electron chi connectivity index (χ1n) is 8.59. The zero-order valence-electron chi connectivity index (χ0n) is 15.0. The van der Waals surface area contributed by atoms with Crippen LogP contribution in [0.2, 0.25) is 16.6 Å². The molecule has 3 heteroatoms. The number of hydrogen-bond acceptors (Lipinski definition) is 2. The van der Waals surface area contributed by atoms with Gasteiger partial charge in [0.25, 0.3) is 8.32 Å². The molecule has 0 saturated heterocycles. The molecule has 122 valence electrons. The van der Waals surface area contributed by atoms with Crippen molar-refractivity contribution in [2.45, 2.75) is 90.8 Å².